The summed E-state index contributed by atoms with van der Waals surface area (Å²) in [6.45, 7) is 2.21. The van der Waals surface area contributed by atoms with E-state index in [1.54, 1.807) is 0 Å². The molecule has 5 N–H and O–H groups in total. The molecule has 1 rings (SSSR count). The number of rotatable bonds is 12. The van der Waals surface area contributed by atoms with Gasteiger partial charge in [0.2, 0.25) is 0 Å². The van der Waals surface area contributed by atoms with Crippen LogP contribution >= 0.6 is 0 Å². The largest absolute Gasteiger partial charge is 0.394 e. The Morgan fingerprint density at radius 2 is 1.39 bits per heavy atom. The Labute approximate surface area is 141 Å². The maximum Gasteiger partial charge on any atom is 0.109 e. The van der Waals surface area contributed by atoms with Gasteiger partial charge >= 0.3 is 0 Å². The van der Waals surface area contributed by atoms with Gasteiger partial charge in [0.25, 0.3) is 0 Å². The molecule has 0 aromatic carbocycles. The Bertz CT molecular complexity index is 303. The number of hydrogen-bond donors (Lipinski definition) is 5. The van der Waals surface area contributed by atoms with Crippen LogP contribution in [-0.2, 0) is 0 Å². The lowest BCUT2D eigenvalue weighted by molar-refractivity contribution is -0.135. The normalized spacial score (nSPS) is 31.4. The molecule has 0 bridgehead atoms. The summed E-state index contributed by atoms with van der Waals surface area (Å²) in [7, 11) is 0. The Balaban J connectivity index is 2.13. The maximum atomic E-state index is 10.2. The number of β-amino-alcohol motifs (C(OH)–C–C–N with tert-alkyl or cyclic N) is 1. The molecule has 1 fully saturated rings. The molecule has 0 aromatic rings. The fourth-order valence-electron chi connectivity index (χ4n) is 3.46. The van der Waals surface area contributed by atoms with Crippen LogP contribution in [0.1, 0.15) is 77.6 Å². The highest BCUT2D eigenvalue weighted by molar-refractivity contribution is 5.04. The van der Waals surface area contributed by atoms with E-state index in [0.717, 1.165) is 12.8 Å². The van der Waals surface area contributed by atoms with Gasteiger partial charge in [-0.15, -0.1) is 0 Å². The minimum atomic E-state index is -1.19. The smallest absolute Gasteiger partial charge is 0.109 e. The van der Waals surface area contributed by atoms with Gasteiger partial charge in [0.05, 0.1) is 18.2 Å². The summed E-state index contributed by atoms with van der Waals surface area (Å²) < 4.78 is 0. The molecule has 0 radical (unpaired) electrons. The molecular formula is C18H37NO4. The standard InChI is InChI=1S/C18H37NO4/c1-2-3-4-5-6-7-8-9-10-11-12-18(14-20)17(23)16(22)15(21)13-19-18/h15-17,19-23H,2-14H2,1H3/t15-,16+,17-,18+/m0/s1. The molecule has 138 valence electrons. The third kappa shape index (κ3) is 6.67. The predicted molar refractivity (Wildman–Crippen MR) is 92.3 cm³/mol. The molecule has 5 heteroatoms. The first-order valence-corrected chi connectivity index (χ1v) is 9.47. The van der Waals surface area contributed by atoms with Crippen LogP contribution in [0.4, 0.5) is 0 Å². The maximum absolute atomic E-state index is 10.2. The van der Waals surface area contributed by atoms with E-state index in [0.29, 0.717) is 6.42 Å². The van der Waals surface area contributed by atoms with Crippen LogP contribution in [0.15, 0.2) is 0 Å². The highest BCUT2D eigenvalue weighted by Crippen LogP contribution is 2.26. The molecule has 1 heterocycles. The lowest BCUT2D eigenvalue weighted by atomic mass is 9.79. The highest BCUT2D eigenvalue weighted by atomic mass is 16.4. The molecule has 0 amide bonds. The van der Waals surface area contributed by atoms with Crippen LogP contribution in [0.2, 0.25) is 0 Å². The van der Waals surface area contributed by atoms with E-state index in [1.165, 1.54) is 51.4 Å². The Hall–Kier alpha value is -0.200. The fraction of sp³-hybridized carbons (Fsp3) is 1.00. The number of piperidine rings is 1. The number of hydrogen-bond acceptors (Lipinski definition) is 5. The zero-order valence-corrected chi connectivity index (χ0v) is 14.7. The summed E-state index contributed by atoms with van der Waals surface area (Å²) in [6.07, 6.45) is 9.68. The molecule has 0 saturated carbocycles. The van der Waals surface area contributed by atoms with Crippen LogP contribution in [0.25, 0.3) is 0 Å². The second-order valence-corrected chi connectivity index (χ2v) is 7.13. The molecule has 0 spiro atoms. The molecule has 0 aromatic heterocycles. The molecule has 0 unspecified atom stereocenters. The average molecular weight is 331 g/mol. The van der Waals surface area contributed by atoms with Gasteiger partial charge in [0.15, 0.2) is 0 Å². The van der Waals surface area contributed by atoms with E-state index >= 15 is 0 Å². The van der Waals surface area contributed by atoms with E-state index in [-0.39, 0.29) is 13.2 Å². The van der Waals surface area contributed by atoms with Crippen molar-refractivity contribution in [2.24, 2.45) is 0 Å². The molecule has 5 nitrogen and oxygen atoms in total. The van der Waals surface area contributed by atoms with Crippen molar-refractivity contribution >= 4 is 0 Å². The van der Waals surface area contributed by atoms with Crippen LogP contribution in [0.3, 0.4) is 0 Å². The molecule has 1 aliphatic heterocycles. The molecule has 23 heavy (non-hydrogen) atoms. The monoisotopic (exact) mass is 331 g/mol. The molecule has 1 aliphatic rings. The van der Waals surface area contributed by atoms with Gasteiger partial charge < -0.3 is 25.7 Å². The topological polar surface area (TPSA) is 93.0 Å². The van der Waals surface area contributed by atoms with Gasteiger partial charge in [-0.3, -0.25) is 0 Å². The van der Waals surface area contributed by atoms with Crippen molar-refractivity contribution in [3.8, 4) is 0 Å². The van der Waals surface area contributed by atoms with Crippen molar-refractivity contribution in [1.82, 2.24) is 5.32 Å². The van der Waals surface area contributed by atoms with Gasteiger partial charge in [0, 0.05) is 6.54 Å². The van der Waals surface area contributed by atoms with Crippen LogP contribution in [-0.4, -0.2) is 57.4 Å². The number of unbranched alkanes of at least 4 members (excludes halogenated alkanes) is 9. The number of nitrogens with one attached hydrogen (secondary N) is 1. The first-order valence-electron chi connectivity index (χ1n) is 9.47. The first-order chi connectivity index (χ1) is 11.1. The Morgan fingerprint density at radius 1 is 0.870 bits per heavy atom. The number of aliphatic hydroxyl groups is 4. The van der Waals surface area contributed by atoms with Gasteiger partial charge in [-0.1, -0.05) is 71.1 Å². The lowest BCUT2D eigenvalue weighted by Gasteiger charge is -2.45. The molecule has 4 atom stereocenters. The van der Waals surface area contributed by atoms with E-state index in [2.05, 4.69) is 12.2 Å². The quantitative estimate of drug-likeness (QED) is 0.351. The lowest BCUT2D eigenvalue weighted by Crippen LogP contribution is -2.69. The summed E-state index contributed by atoms with van der Waals surface area (Å²) in [5.41, 5.74) is -0.876. The van der Waals surface area contributed by atoms with E-state index in [1.807, 2.05) is 0 Å². The summed E-state index contributed by atoms with van der Waals surface area (Å²) in [5, 5.41) is 42.2. The van der Waals surface area contributed by atoms with Crippen LogP contribution in [0.5, 0.6) is 0 Å². The summed E-state index contributed by atoms with van der Waals surface area (Å²) in [6, 6.07) is 0. The fourth-order valence-corrected chi connectivity index (χ4v) is 3.46. The van der Waals surface area contributed by atoms with E-state index in [4.69, 9.17) is 0 Å². The second kappa shape index (κ2) is 11.4. The van der Waals surface area contributed by atoms with Crippen LogP contribution in [0, 0.1) is 0 Å². The number of aliphatic hydroxyl groups excluding tert-OH is 4. The van der Waals surface area contributed by atoms with Crippen molar-refractivity contribution < 1.29 is 20.4 Å². The molecule has 0 aliphatic carbocycles. The first kappa shape index (κ1) is 20.8. The highest BCUT2D eigenvalue weighted by Gasteiger charge is 2.46. The minimum Gasteiger partial charge on any atom is -0.394 e. The minimum absolute atomic E-state index is 0.205. The van der Waals surface area contributed by atoms with Gasteiger partial charge in [0.1, 0.15) is 12.2 Å². The van der Waals surface area contributed by atoms with E-state index in [9.17, 15) is 20.4 Å². The second-order valence-electron chi connectivity index (χ2n) is 7.13. The van der Waals surface area contributed by atoms with Crippen molar-refractivity contribution in [2.45, 2.75) is 101 Å². The summed E-state index contributed by atoms with van der Waals surface area (Å²) in [5.74, 6) is 0. The van der Waals surface area contributed by atoms with Crippen molar-refractivity contribution in [3.63, 3.8) is 0 Å². The SMILES string of the molecule is CCCCCCCCCCCC[C@]1(CO)NC[C@H](O)[C@@H](O)[C@@H]1O. The van der Waals surface area contributed by atoms with Gasteiger partial charge in [-0.2, -0.15) is 0 Å². The van der Waals surface area contributed by atoms with Crippen molar-refractivity contribution in [2.75, 3.05) is 13.2 Å². The summed E-state index contributed by atoms with van der Waals surface area (Å²) >= 11 is 0. The van der Waals surface area contributed by atoms with Crippen molar-refractivity contribution in [3.05, 3.63) is 0 Å². The van der Waals surface area contributed by atoms with Crippen LogP contribution < -0.4 is 5.32 Å². The molecule has 1 saturated heterocycles. The Kier molecular flexibility index (Phi) is 10.3. The average Bonchev–Trinajstić information content (AvgIpc) is 2.56. The third-order valence-corrected chi connectivity index (χ3v) is 5.21. The zero-order valence-electron chi connectivity index (χ0n) is 14.7. The predicted octanol–water partition coefficient (Wildman–Crippen LogP) is 1.71. The Morgan fingerprint density at radius 3 is 1.91 bits per heavy atom. The third-order valence-electron chi connectivity index (χ3n) is 5.21. The van der Waals surface area contributed by atoms with Gasteiger partial charge in [-0.05, 0) is 6.42 Å². The zero-order chi connectivity index (χ0) is 17.1. The van der Waals surface area contributed by atoms with Crippen molar-refractivity contribution in [1.29, 1.82) is 0 Å². The van der Waals surface area contributed by atoms with E-state index < -0.39 is 23.9 Å². The van der Waals surface area contributed by atoms with Gasteiger partial charge in [-0.25, -0.2) is 0 Å². The summed E-state index contributed by atoms with van der Waals surface area (Å²) in [4.78, 5) is 0. The molecular weight excluding hydrogens is 294 g/mol.